The van der Waals surface area contributed by atoms with Gasteiger partial charge in [0.15, 0.2) is 0 Å². The normalized spacial score (nSPS) is 18.0. The molecule has 0 bridgehead atoms. The van der Waals surface area contributed by atoms with E-state index in [2.05, 4.69) is 4.72 Å². The van der Waals surface area contributed by atoms with E-state index >= 15 is 0 Å². The van der Waals surface area contributed by atoms with Crippen LogP contribution in [-0.2, 0) is 16.4 Å². The minimum Gasteiger partial charge on any atom is -0.301 e. The first-order valence-electron chi connectivity index (χ1n) is 7.44. The zero-order valence-electron chi connectivity index (χ0n) is 12.4. The summed E-state index contributed by atoms with van der Waals surface area (Å²) >= 11 is 0. The Morgan fingerprint density at radius 3 is 2.38 bits per heavy atom. The van der Waals surface area contributed by atoms with Gasteiger partial charge in [-0.3, -0.25) is 0 Å². The van der Waals surface area contributed by atoms with Crippen LogP contribution >= 0.6 is 0 Å². The molecule has 0 unspecified atom stereocenters. The molecule has 0 amide bonds. The summed E-state index contributed by atoms with van der Waals surface area (Å²) in [5.41, 5.74) is 1.12. The Hall–Kier alpha value is -0.980. The highest BCUT2D eigenvalue weighted by Gasteiger charge is 2.24. The van der Waals surface area contributed by atoms with Crippen molar-refractivity contribution in [2.75, 3.05) is 26.3 Å². The number of nitrogens with one attached hydrogen (secondary N) is 1. The minimum absolute atomic E-state index is 0.0586. The second kappa shape index (κ2) is 7.33. The third kappa shape index (κ3) is 4.49. The van der Waals surface area contributed by atoms with Crippen molar-refractivity contribution in [3.8, 4) is 0 Å². The molecule has 0 aliphatic carbocycles. The van der Waals surface area contributed by atoms with Crippen LogP contribution in [0.5, 0.6) is 0 Å². The fourth-order valence-corrected chi connectivity index (χ4v) is 3.89. The lowest BCUT2D eigenvalue weighted by Crippen LogP contribution is -2.45. The van der Waals surface area contributed by atoms with Gasteiger partial charge in [-0.25, -0.2) is 17.5 Å². The first-order chi connectivity index (χ1) is 10.0. The number of aryl methyl sites for hydroxylation is 1. The molecule has 1 N–H and O–H groups in total. The quantitative estimate of drug-likeness (QED) is 0.873. The van der Waals surface area contributed by atoms with Gasteiger partial charge in [-0.15, -0.1) is 0 Å². The van der Waals surface area contributed by atoms with Crippen LogP contribution in [0, 0.1) is 0 Å². The van der Waals surface area contributed by atoms with Gasteiger partial charge in [0.1, 0.15) is 6.67 Å². The zero-order chi connectivity index (χ0) is 15.3. The average Bonchev–Trinajstić information content (AvgIpc) is 2.49. The van der Waals surface area contributed by atoms with Crippen molar-refractivity contribution in [1.82, 2.24) is 9.62 Å². The molecule has 0 atom stereocenters. The summed E-state index contributed by atoms with van der Waals surface area (Å²) in [4.78, 5) is 2.34. The molecule has 1 aromatic carbocycles. The highest BCUT2D eigenvalue weighted by molar-refractivity contribution is 7.89. The average molecular weight is 314 g/mol. The topological polar surface area (TPSA) is 49.4 Å². The van der Waals surface area contributed by atoms with Crippen LogP contribution in [0.4, 0.5) is 4.39 Å². The van der Waals surface area contributed by atoms with Crippen LogP contribution in [0.2, 0.25) is 0 Å². The number of halogens is 1. The molecule has 1 aliphatic rings. The van der Waals surface area contributed by atoms with Crippen molar-refractivity contribution in [2.24, 2.45) is 0 Å². The summed E-state index contributed by atoms with van der Waals surface area (Å²) in [5.74, 6) is 0. The standard InChI is InChI=1S/C15H23FN2O2S/c1-2-13-3-5-15(6-4-13)21(19,20)17-14-7-10-18(11-8-14)12-9-16/h3-6,14,17H,2,7-12H2,1H3. The molecule has 0 spiro atoms. The molecule has 1 aromatic rings. The predicted molar refractivity (Wildman–Crippen MR) is 81.6 cm³/mol. The molecule has 0 saturated carbocycles. The molecule has 0 aromatic heterocycles. The van der Waals surface area contributed by atoms with Gasteiger partial charge in [0.25, 0.3) is 0 Å². The Morgan fingerprint density at radius 1 is 1.24 bits per heavy atom. The molecule has 4 nitrogen and oxygen atoms in total. The van der Waals surface area contributed by atoms with Gasteiger partial charge in [0.05, 0.1) is 4.90 Å². The summed E-state index contributed by atoms with van der Waals surface area (Å²) in [6.07, 6.45) is 2.35. The Bertz CT molecular complexity index is 537. The second-order valence-electron chi connectivity index (χ2n) is 5.42. The zero-order valence-corrected chi connectivity index (χ0v) is 13.2. The summed E-state index contributed by atoms with van der Waals surface area (Å²) in [5, 5.41) is 0. The number of nitrogens with zero attached hydrogens (tertiary/aromatic N) is 1. The number of rotatable bonds is 6. The van der Waals surface area contributed by atoms with Gasteiger partial charge in [-0.2, -0.15) is 0 Å². The minimum atomic E-state index is -3.46. The smallest absolute Gasteiger partial charge is 0.240 e. The van der Waals surface area contributed by atoms with Crippen LogP contribution < -0.4 is 4.72 Å². The van der Waals surface area contributed by atoms with Crippen molar-refractivity contribution < 1.29 is 12.8 Å². The second-order valence-corrected chi connectivity index (χ2v) is 7.14. The molecule has 1 heterocycles. The van der Waals surface area contributed by atoms with Gasteiger partial charge < -0.3 is 4.90 Å². The maximum absolute atomic E-state index is 12.3. The summed E-state index contributed by atoms with van der Waals surface area (Å²) in [7, 11) is -3.46. The molecule has 0 radical (unpaired) electrons. The fraction of sp³-hybridized carbons (Fsp3) is 0.600. The van der Waals surface area contributed by atoms with Gasteiger partial charge in [-0.1, -0.05) is 19.1 Å². The third-order valence-electron chi connectivity index (χ3n) is 3.95. The Labute approximate surface area is 126 Å². The van der Waals surface area contributed by atoms with E-state index in [1.807, 2.05) is 24.0 Å². The predicted octanol–water partition coefficient (Wildman–Crippen LogP) is 1.96. The van der Waals surface area contributed by atoms with E-state index in [1.165, 1.54) is 0 Å². The van der Waals surface area contributed by atoms with Gasteiger partial charge in [-0.05, 0) is 50.0 Å². The van der Waals surface area contributed by atoms with Gasteiger partial charge >= 0.3 is 0 Å². The van der Waals surface area contributed by atoms with Crippen molar-refractivity contribution in [3.63, 3.8) is 0 Å². The van der Waals surface area contributed by atoms with Gasteiger partial charge in [0.2, 0.25) is 10.0 Å². The van der Waals surface area contributed by atoms with E-state index in [-0.39, 0.29) is 12.7 Å². The number of hydrogen-bond acceptors (Lipinski definition) is 3. The Balaban J connectivity index is 1.95. The molecular formula is C15H23FN2O2S. The molecular weight excluding hydrogens is 291 g/mol. The van der Waals surface area contributed by atoms with Crippen molar-refractivity contribution in [3.05, 3.63) is 29.8 Å². The lowest BCUT2D eigenvalue weighted by Gasteiger charge is -2.31. The van der Waals surface area contributed by atoms with E-state index in [1.54, 1.807) is 12.1 Å². The van der Waals surface area contributed by atoms with E-state index in [9.17, 15) is 12.8 Å². The Morgan fingerprint density at radius 2 is 1.86 bits per heavy atom. The first kappa shape index (κ1) is 16.4. The summed E-state index contributed by atoms with van der Waals surface area (Å²) < 4.78 is 39.7. The molecule has 1 saturated heterocycles. The molecule has 6 heteroatoms. The maximum Gasteiger partial charge on any atom is 0.240 e. The lowest BCUT2D eigenvalue weighted by atomic mass is 10.1. The van der Waals surface area contributed by atoms with E-state index < -0.39 is 10.0 Å². The monoisotopic (exact) mass is 314 g/mol. The van der Waals surface area contributed by atoms with Crippen molar-refractivity contribution >= 4 is 10.0 Å². The van der Waals surface area contributed by atoms with Crippen LogP contribution in [0.3, 0.4) is 0 Å². The van der Waals surface area contributed by atoms with Gasteiger partial charge in [0, 0.05) is 12.6 Å². The number of hydrogen-bond donors (Lipinski definition) is 1. The van der Waals surface area contributed by atoms with Crippen LogP contribution in [-0.4, -0.2) is 45.7 Å². The molecule has 1 aliphatic heterocycles. The van der Waals surface area contributed by atoms with Crippen LogP contribution in [0.15, 0.2) is 29.2 Å². The number of alkyl halides is 1. The van der Waals surface area contributed by atoms with Crippen molar-refractivity contribution in [1.29, 1.82) is 0 Å². The number of likely N-dealkylation sites (tertiary alicyclic amines) is 1. The van der Waals surface area contributed by atoms with E-state index in [0.29, 0.717) is 11.4 Å². The molecule has 1 fully saturated rings. The number of piperidine rings is 1. The lowest BCUT2D eigenvalue weighted by molar-refractivity contribution is 0.193. The van der Waals surface area contributed by atoms with E-state index in [0.717, 1.165) is 37.9 Å². The largest absolute Gasteiger partial charge is 0.301 e. The summed E-state index contributed by atoms with van der Waals surface area (Å²) in [6.45, 7) is 3.61. The molecule has 2 rings (SSSR count). The SMILES string of the molecule is CCc1ccc(S(=O)(=O)NC2CCN(CCF)CC2)cc1. The van der Waals surface area contributed by atoms with Crippen molar-refractivity contribution in [2.45, 2.75) is 37.1 Å². The fourth-order valence-electron chi connectivity index (χ4n) is 2.59. The maximum atomic E-state index is 12.3. The highest BCUT2D eigenvalue weighted by Crippen LogP contribution is 2.15. The summed E-state index contributed by atoms with van der Waals surface area (Å²) in [6, 6.07) is 6.94. The highest BCUT2D eigenvalue weighted by atomic mass is 32.2. The van der Waals surface area contributed by atoms with E-state index in [4.69, 9.17) is 0 Å². The van der Waals surface area contributed by atoms with Crippen LogP contribution in [0.1, 0.15) is 25.3 Å². The molecule has 118 valence electrons. The first-order valence-corrected chi connectivity index (χ1v) is 8.93. The molecule has 21 heavy (non-hydrogen) atoms. The number of sulfonamides is 1. The number of benzene rings is 1. The van der Waals surface area contributed by atoms with Crippen LogP contribution in [0.25, 0.3) is 0 Å². The third-order valence-corrected chi connectivity index (χ3v) is 5.49. The Kier molecular flexibility index (Phi) is 5.72.